The highest BCUT2D eigenvalue weighted by molar-refractivity contribution is 5.54. The molecular weight excluding hydrogens is 268 g/mol. The van der Waals surface area contributed by atoms with E-state index < -0.39 is 0 Å². The molecule has 1 atom stereocenters. The van der Waals surface area contributed by atoms with E-state index in [2.05, 4.69) is 30.4 Å². The molecule has 7 heteroatoms. The summed E-state index contributed by atoms with van der Waals surface area (Å²) in [6.45, 7) is 2.91. The second kappa shape index (κ2) is 6.09. The molecule has 2 aromatic heterocycles. The number of H-pyrrole nitrogens is 2. The Bertz CT molecular complexity index is 647. The molecule has 1 fully saturated rings. The summed E-state index contributed by atoms with van der Waals surface area (Å²) in [5.41, 5.74) is 0.447. The third kappa shape index (κ3) is 2.97. The van der Waals surface area contributed by atoms with Crippen molar-refractivity contribution >= 4 is 5.95 Å². The van der Waals surface area contributed by atoms with Gasteiger partial charge in [0, 0.05) is 31.5 Å². The fourth-order valence-electron chi connectivity index (χ4n) is 2.82. The molecule has 2 aromatic rings. The quantitative estimate of drug-likeness (QED) is 0.766. The van der Waals surface area contributed by atoms with E-state index in [-0.39, 0.29) is 5.43 Å². The van der Waals surface area contributed by atoms with Crippen molar-refractivity contribution in [3.8, 4) is 11.4 Å². The molecule has 1 unspecified atom stereocenters. The van der Waals surface area contributed by atoms with Crippen LogP contribution in [0.3, 0.4) is 0 Å². The molecule has 0 spiro atoms. The molecule has 3 rings (SSSR count). The van der Waals surface area contributed by atoms with Gasteiger partial charge in [-0.2, -0.15) is 4.98 Å². The largest absolute Gasteiger partial charge is 0.367 e. The van der Waals surface area contributed by atoms with Crippen molar-refractivity contribution < 1.29 is 0 Å². The number of rotatable bonds is 4. The normalized spacial score (nSPS) is 18.9. The summed E-state index contributed by atoms with van der Waals surface area (Å²) >= 11 is 0. The van der Waals surface area contributed by atoms with Crippen molar-refractivity contribution in [2.45, 2.75) is 12.8 Å². The van der Waals surface area contributed by atoms with Crippen LogP contribution in [0.2, 0.25) is 0 Å². The van der Waals surface area contributed by atoms with Gasteiger partial charge < -0.3 is 15.2 Å². The molecule has 21 heavy (non-hydrogen) atoms. The summed E-state index contributed by atoms with van der Waals surface area (Å²) in [5, 5.41) is 10.4. The number of aromatic nitrogens is 4. The molecule has 1 aliphatic rings. The predicted molar refractivity (Wildman–Crippen MR) is 81.3 cm³/mol. The summed E-state index contributed by atoms with van der Waals surface area (Å²) in [4.78, 5) is 21.4. The van der Waals surface area contributed by atoms with Crippen molar-refractivity contribution in [1.82, 2.24) is 25.5 Å². The summed E-state index contributed by atoms with van der Waals surface area (Å²) in [5.74, 6) is 1.81. The monoisotopic (exact) mass is 288 g/mol. The molecule has 0 saturated carbocycles. The number of pyridine rings is 1. The minimum Gasteiger partial charge on any atom is -0.367 e. The highest BCUT2D eigenvalue weighted by atomic mass is 16.1. The van der Waals surface area contributed by atoms with Crippen LogP contribution in [0.4, 0.5) is 5.95 Å². The van der Waals surface area contributed by atoms with Crippen molar-refractivity contribution in [2.75, 3.05) is 31.6 Å². The van der Waals surface area contributed by atoms with E-state index in [1.54, 1.807) is 12.4 Å². The number of nitrogens with one attached hydrogen (secondary N) is 3. The first-order valence-corrected chi connectivity index (χ1v) is 7.27. The minimum absolute atomic E-state index is 0.0665. The van der Waals surface area contributed by atoms with Crippen LogP contribution in [0.5, 0.6) is 0 Å². The smallest absolute Gasteiger partial charge is 0.245 e. The van der Waals surface area contributed by atoms with Gasteiger partial charge in [-0.3, -0.25) is 9.89 Å². The van der Waals surface area contributed by atoms with Crippen molar-refractivity contribution in [2.24, 2.45) is 5.92 Å². The number of hydrogen-bond donors (Lipinski definition) is 3. The number of anilines is 1. The van der Waals surface area contributed by atoms with Crippen LogP contribution in [0.15, 0.2) is 23.3 Å². The van der Waals surface area contributed by atoms with Gasteiger partial charge in [0.2, 0.25) is 5.95 Å². The first-order chi connectivity index (χ1) is 10.3. The topological polar surface area (TPSA) is 89.7 Å². The standard InChI is InChI=1S/C14H20N6O/c1-15-7-10-3-2-6-20(9-10)14-17-13(18-19-14)11-8-16-5-4-12(11)21/h4-5,8,10,15H,2-3,6-7,9H2,1H3,(H,16,21)(H,17,18,19). The van der Waals surface area contributed by atoms with Crippen molar-refractivity contribution in [3.63, 3.8) is 0 Å². The Kier molecular flexibility index (Phi) is 4.01. The molecule has 7 nitrogen and oxygen atoms in total. The zero-order valence-corrected chi connectivity index (χ0v) is 12.1. The lowest BCUT2D eigenvalue weighted by atomic mass is 9.98. The Hall–Kier alpha value is -2.15. The number of piperidine rings is 1. The third-order valence-electron chi connectivity index (χ3n) is 3.85. The van der Waals surface area contributed by atoms with Crippen LogP contribution < -0.4 is 15.6 Å². The maximum atomic E-state index is 11.8. The highest BCUT2D eigenvalue weighted by Gasteiger charge is 2.22. The maximum Gasteiger partial charge on any atom is 0.245 e. The minimum atomic E-state index is -0.0665. The van der Waals surface area contributed by atoms with E-state index in [0.29, 0.717) is 23.3 Å². The molecule has 0 aliphatic carbocycles. The van der Waals surface area contributed by atoms with Gasteiger partial charge in [-0.1, -0.05) is 0 Å². The first-order valence-electron chi connectivity index (χ1n) is 7.27. The zero-order valence-electron chi connectivity index (χ0n) is 12.1. The van der Waals surface area contributed by atoms with Crippen LogP contribution in [0, 0.1) is 5.92 Å². The van der Waals surface area contributed by atoms with Crippen LogP contribution in [-0.4, -0.2) is 46.8 Å². The van der Waals surface area contributed by atoms with Gasteiger partial charge in [0.15, 0.2) is 11.3 Å². The molecule has 0 radical (unpaired) electrons. The number of nitrogens with zero attached hydrogens (tertiary/aromatic N) is 3. The average Bonchev–Trinajstić information content (AvgIpc) is 2.98. The molecule has 1 saturated heterocycles. The van der Waals surface area contributed by atoms with Gasteiger partial charge in [0.1, 0.15) is 0 Å². The van der Waals surface area contributed by atoms with Crippen LogP contribution in [0.1, 0.15) is 12.8 Å². The molecule has 0 amide bonds. The third-order valence-corrected chi connectivity index (χ3v) is 3.85. The maximum absolute atomic E-state index is 11.8. The van der Waals surface area contributed by atoms with Gasteiger partial charge in [0.05, 0.1) is 5.56 Å². The van der Waals surface area contributed by atoms with Gasteiger partial charge in [0.25, 0.3) is 0 Å². The fraction of sp³-hybridized carbons (Fsp3) is 0.500. The van der Waals surface area contributed by atoms with Crippen molar-refractivity contribution in [3.05, 3.63) is 28.7 Å². The van der Waals surface area contributed by atoms with Crippen LogP contribution in [0.25, 0.3) is 11.4 Å². The fourth-order valence-corrected chi connectivity index (χ4v) is 2.82. The van der Waals surface area contributed by atoms with E-state index in [1.807, 2.05) is 7.05 Å². The number of hydrogen-bond acceptors (Lipinski definition) is 5. The summed E-state index contributed by atoms with van der Waals surface area (Å²) < 4.78 is 0. The first kappa shape index (κ1) is 13.8. The van der Waals surface area contributed by atoms with E-state index in [0.717, 1.165) is 26.1 Å². The van der Waals surface area contributed by atoms with Crippen LogP contribution in [-0.2, 0) is 0 Å². The van der Waals surface area contributed by atoms with Gasteiger partial charge in [-0.25, -0.2) is 0 Å². The second-order valence-electron chi connectivity index (χ2n) is 5.42. The van der Waals surface area contributed by atoms with E-state index in [9.17, 15) is 4.79 Å². The Labute approximate surface area is 122 Å². The molecule has 1 aliphatic heterocycles. The molecule has 0 bridgehead atoms. The van der Waals surface area contributed by atoms with Crippen LogP contribution >= 0.6 is 0 Å². The molecular formula is C14H20N6O. The molecule has 0 aromatic carbocycles. The summed E-state index contributed by atoms with van der Waals surface area (Å²) in [6.07, 6.45) is 5.62. The molecule has 3 N–H and O–H groups in total. The lowest BCUT2D eigenvalue weighted by Crippen LogP contribution is -2.39. The molecule has 112 valence electrons. The summed E-state index contributed by atoms with van der Waals surface area (Å²) in [7, 11) is 1.98. The average molecular weight is 288 g/mol. The van der Waals surface area contributed by atoms with Crippen molar-refractivity contribution in [1.29, 1.82) is 0 Å². The van der Waals surface area contributed by atoms with E-state index in [4.69, 9.17) is 0 Å². The lowest BCUT2D eigenvalue weighted by molar-refractivity contribution is 0.399. The lowest BCUT2D eigenvalue weighted by Gasteiger charge is -2.31. The Morgan fingerprint density at radius 2 is 2.43 bits per heavy atom. The predicted octanol–water partition coefficient (Wildman–Crippen LogP) is 0.596. The molecule has 3 heterocycles. The Morgan fingerprint density at radius 1 is 1.52 bits per heavy atom. The van der Waals surface area contributed by atoms with E-state index >= 15 is 0 Å². The Balaban J connectivity index is 1.79. The van der Waals surface area contributed by atoms with Gasteiger partial charge in [-0.05, 0) is 32.4 Å². The number of aromatic amines is 2. The van der Waals surface area contributed by atoms with E-state index in [1.165, 1.54) is 12.5 Å². The van der Waals surface area contributed by atoms with Gasteiger partial charge in [-0.15, -0.1) is 5.10 Å². The zero-order chi connectivity index (χ0) is 14.7. The SMILES string of the molecule is CNCC1CCCN(c2n[nH]c(-c3c[nH]ccc3=O)n2)C1. The van der Waals surface area contributed by atoms with Gasteiger partial charge >= 0.3 is 0 Å². The summed E-state index contributed by atoms with van der Waals surface area (Å²) in [6, 6.07) is 1.49. The highest BCUT2D eigenvalue weighted by Crippen LogP contribution is 2.21. The second-order valence-corrected chi connectivity index (χ2v) is 5.42. The Morgan fingerprint density at radius 3 is 3.24 bits per heavy atom.